The first-order valence-corrected chi connectivity index (χ1v) is 7.15. The molecule has 0 aliphatic rings. The molecular formula is C16H26O7. The summed E-state index contributed by atoms with van der Waals surface area (Å²) >= 11 is 0. The van der Waals surface area contributed by atoms with Crippen LogP contribution in [0.25, 0.3) is 0 Å². The third-order valence-corrected chi connectivity index (χ3v) is 3.26. The molecule has 23 heavy (non-hydrogen) atoms. The Morgan fingerprint density at radius 2 is 1.00 bits per heavy atom. The molecule has 0 heterocycles. The van der Waals surface area contributed by atoms with Crippen molar-refractivity contribution in [3.8, 4) is 0 Å². The van der Waals surface area contributed by atoms with E-state index in [0.717, 1.165) is 0 Å². The van der Waals surface area contributed by atoms with Crippen LogP contribution in [0.15, 0.2) is 23.3 Å². The third-order valence-electron chi connectivity index (χ3n) is 3.26. The predicted octanol–water partition coefficient (Wildman–Crippen LogP) is -0.0694. The van der Waals surface area contributed by atoms with Gasteiger partial charge in [0.1, 0.15) is 10.8 Å². The first kappa shape index (κ1) is 21.5. The van der Waals surface area contributed by atoms with Gasteiger partial charge in [0.15, 0.2) is 0 Å². The standard InChI is InChI=1S/C16H26O7/c1-11(2)5-15(7-17,8-18)13(21)23-14(22)16(9-19,10-20)6-12(3)4/h5-6,17-20H,7-10H2,1-4H3. The Morgan fingerprint density at radius 3 is 1.17 bits per heavy atom. The molecule has 4 N–H and O–H groups in total. The Bertz CT molecular complexity index is 431. The lowest BCUT2D eigenvalue weighted by atomic mass is 9.86. The number of aliphatic hydroxyl groups excluding tert-OH is 4. The Morgan fingerprint density at radius 1 is 0.739 bits per heavy atom. The van der Waals surface area contributed by atoms with Crippen LogP contribution in [0.5, 0.6) is 0 Å². The third kappa shape index (κ3) is 5.24. The summed E-state index contributed by atoms with van der Waals surface area (Å²) in [5.74, 6) is -2.30. The van der Waals surface area contributed by atoms with E-state index in [-0.39, 0.29) is 0 Å². The van der Waals surface area contributed by atoms with E-state index in [1.807, 2.05) is 0 Å². The minimum atomic E-state index is -1.77. The zero-order valence-electron chi connectivity index (χ0n) is 14.0. The summed E-state index contributed by atoms with van der Waals surface area (Å²) < 4.78 is 4.74. The Kier molecular flexibility index (Phi) is 8.33. The molecule has 0 bridgehead atoms. The maximum atomic E-state index is 12.2. The Hall–Kier alpha value is -1.54. The average molecular weight is 330 g/mol. The second-order valence-electron chi connectivity index (χ2n) is 6.07. The van der Waals surface area contributed by atoms with Crippen molar-refractivity contribution in [2.24, 2.45) is 10.8 Å². The Balaban J connectivity index is 5.60. The van der Waals surface area contributed by atoms with E-state index in [1.54, 1.807) is 27.7 Å². The van der Waals surface area contributed by atoms with Crippen LogP contribution < -0.4 is 0 Å². The van der Waals surface area contributed by atoms with Crippen molar-refractivity contribution in [3.63, 3.8) is 0 Å². The summed E-state index contributed by atoms with van der Waals surface area (Å²) in [5.41, 5.74) is -2.26. The quantitative estimate of drug-likeness (QED) is 0.279. The van der Waals surface area contributed by atoms with Gasteiger partial charge >= 0.3 is 11.9 Å². The van der Waals surface area contributed by atoms with Gasteiger partial charge in [-0.15, -0.1) is 0 Å². The molecule has 0 aliphatic heterocycles. The zero-order valence-corrected chi connectivity index (χ0v) is 14.0. The van der Waals surface area contributed by atoms with Gasteiger partial charge in [-0.2, -0.15) is 0 Å². The predicted molar refractivity (Wildman–Crippen MR) is 83.2 cm³/mol. The second-order valence-corrected chi connectivity index (χ2v) is 6.07. The molecule has 0 saturated carbocycles. The number of hydrogen-bond donors (Lipinski definition) is 4. The molecule has 0 atom stereocenters. The normalized spacial score (nSPS) is 11.7. The highest BCUT2D eigenvalue weighted by molar-refractivity contribution is 5.93. The molecule has 0 fully saturated rings. The first-order chi connectivity index (χ1) is 10.6. The largest absolute Gasteiger partial charge is 0.395 e. The summed E-state index contributed by atoms with van der Waals surface area (Å²) in [5, 5.41) is 37.8. The van der Waals surface area contributed by atoms with Crippen LogP contribution in [0.1, 0.15) is 27.7 Å². The molecule has 0 rings (SSSR count). The molecule has 0 saturated heterocycles. The van der Waals surface area contributed by atoms with Gasteiger partial charge in [0.05, 0.1) is 26.4 Å². The number of hydrogen-bond acceptors (Lipinski definition) is 7. The summed E-state index contributed by atoms with van der Waals surface area (Å²) in [6.45, 7) is 3.61. The monoisotopic (exact) mass is 330 g/mol. The van der Waals surface area contributed by atoms with Crippen LogP contribution in [-0.2, 0) is 14.3 Å². The topological polar surface area (TPSA) is 124 Å². The van der Waals surface area contributed by atoms with Gasteiger partial charge in [-0.1, -0.05) is 23.3 Å². The maximum absolute atomic E-state index is 12.2. The number of carbonyl (C=O) groups is 2. The summed E-state index contributed by atoms with van der Waals surface area (Å²) in [6.07, 6.45) is 2.62. The van der Waals surface area contributed by atoms with E-state index in [4.69, 9.17) is 4.74 Å². The fourth-order valence-electron chi connectivity index (χ4n) is 2.05. The van der Waals surface area contributed by atoms with Crippen molar-refractivity contribution in [1.29, 1.82) is 0 Å². The highest BCUT2D eigenvalue weighted by atomic mass is 16.6. The second kappa shape index (κ2) is 8.93. The molecule has 0 aliphatic carbocycles. The summed E-state index contributed by atoms with van der Waals surface area (Å²) in [7, 11) is 0. The lowest BCUT2D eigenvalue weighted by Gasteiger charge is -2.28. The summed E-state index contributed by atoms with van der Waals surface area (Å²) in [4.78, 5) is 24.5. The van der Waals surface area contributed by atoms with Crippen LogP contribution in [0.3, 0.4) is 0 Å². The number of esters is 2. The number of ether oxygens (including phenoxy) is 1. The number of allylic oxidation sites excluding steroid dienone is 2. The molecule has 0 spiro atoms. The SMILES string of the molecule is CC(C)=CC(CO)(CO)C(=O)OC(=O)C(C=C(C)C)(CO)CO. The lowest BCUT2D eigenvalue weighted by molar-refractivity contribution is -0.175. The molecule has 0 aromatic carbocycles. The first-order valence-electron chi connectivity index (χ1n) is 7.15. The number of aliphatic hydroxyl groups is 4. The number of carbonyl (C=O) groups excluding carboxylic acids is 2. The zero-order chi connectivity index (χ0) is 18.3. The van der Waals surface area contributed by atoms with Gasteiger partial charge in [-0.25, -0.2) is 0 Å². The van der Waals surface area contributed by atoms with Crippen molar-refractivity contribution >= 4 is 11.9 Å². The van der Waals surface area contributed by atoms with Crippen molar-refractivity contribution in [1.82, 2.24) is 0 Å². The maximum Gasteiger partial charge on any atom is 0.328 e. The van der Waals surface area contributed by atoms with Crippen molar-refractivity contribution in [2.75, 3.05) is 26.4 Å². The minimum Gasteiger partial charge on any atom is -0.395 e. The van der Waals surface area contributed by atoms with E-state index in [0.29, 0.717) is 11.1 Å². The summed E-state index contributed by atoms with van der Waals surface area (Å²) in [6, 6.07) is 0. The highest BCUT2D eigenvalue weighted by Crippen LogP contribution is 2.27. The van der Waals surface area contributed by atoms with Crippen LogP contribution in [0.2, 0.25) is 0 Å². The van der Waals surface area contributed by atoms with E-state index in [2.05, 4.69) is 0 Å². The van der Waals surface area contributed by atoms with Gasteiger partial charge < -0.3 is 25.2 Å². The lowest BCUT2D eigenvalue weighted by Crippen LogP contribution is -2.45. The van der Waals surface area contributed by atoms with Crippen molar-refractivity contribution in [2.45, 2.75) is 27.7 Å². The average Bonchev–Trinajstić information content (AvgIpc) is 2.49. The van der Waals surface area contributed by atoms with Crippen molar-refractivity contribution in [3.05, 3.63) is 23.3 Å². The van der Waals surface area contributed by atoms with E-state index in [9.17, 15) is 30.0 Å². The van der Waals surface area contributed by atoms with Gasteiger partial charge in [0, 0.05) is 0 Å². The van der Waals surface area contributed by atoms with Crippen LogP contribution >= 0.6 is 0 Å². The van der Waals surface area contributed by atoms with E-state index < -0.39 is 49.2 Å². The minimum absolute atomic E-state index is 0.636. The molecule has 0 unspecified atom stereocenters. The van der Waals surface area contributed by atoms with E-state index in [1.165, 1.54) is 12.2 Å². The number of rotatable bonds is 8. The molecule has 0 aromatic heterocycles. The molecule has 7 heteroatoms. The molecule has 7 nitrogen and oxygen atoms in total. The van der Waals surface area contributed by atoms with Crippen LogP contribution in [0, 0.1) is 10.8 Å². The molecule has 0 radical (unpaired) electrons. The fourth-order valence-corrected chi connectivity index (χ4v) is 2.05. The van der Waals surface area contributed by atoms with Crippen LogP contribution in [-0.4, -0.2) is 58.8 Å². The van der Waals surface area contributed by atoms with Gasteiger partial charge in [-0.05, 0) is 27.7 Å². The smallest absolute Gasteiger partial charge is 0.328 e. The molecular weight excluding hydrogens is 304 g/mol. The van der Waals surface area contributed by atoms with E-state index >= 15 is 0 Å². The fraction of sp³-hybridized carbons (Fsp3) is 0.625. The molecule has 132 valence electrons. The van der Waals surface area contributed by atoms with Crippen molar-refractivity contribution < 1.29 is 34.8 Å². The molecule has 0 aromatic rings. The highest BCUT2D eigenvalue weighted by Gasteiger charge is 2.43. The van der Waals surface area contributed by atoms with Gasteiger partial charge in [0.2, 0.25) is 0 Å². The molecule has 0 amide bonds. The Labute approximate surface area is 135 Å². The van der Waals surface area contributed by atoms with Crippen LogP contribution in [0.4, 0.5) is 0 Å². The van der Waals surface area contributed by atoms with Gasteiger partial charge in [-0.3, -0.25) is 9.59 Å². The van der Waals surface area contributed by atoms with Gasteiger partial charge in [0.25, 0.3) is 0 Å².